The first-order valence-corrected chi connectivity index (χ1v) is 12.1. The van der Waals surface area contributed by atoms with Crippen molar-refractivity contribution in [2.75, 3.05) is 26.2 Å². The Balaban J connectivity index is 1.45. The lowest BCUT2D eigenvalue weighted by molar-refractivity contribution is -0.139. The van der Waals surface area contributed by atoms with E-state index in [0.717, 1.165) is 32.4 Å². The summed E-state index contributed by atoms with van der Waals surface area (Å²) >= 11 is 5.99. The van der Waals surface area contributed by atoms with E-state index >= 15 is 0 Å². The van der Waals surface area contributed by atoms with Gasteiger partial charge in [0.05, 0.1) is 6.42 Å². The number of nitrogens with zero attached hydrogens (tertiary/aromatic N) is 2. The third-order valence-corrected chi connectivity index (χ3v) is 6.82. The fourth-order valence-electron chi connectivity index (χ4n) is 4.69. The largest absolute Gasteiger partial charge is 0.490 e. The number of carbonyl (C=O) groups is 2. The molecule has 2 aliphatic rings. The van der Waals surface area contributed by atoms with Crippen LogP contribution in [-0.2, 0) is 16.0 Å². The molecule has 0 aliphatic carbocycles. The number of rotatable bonds is 6. The molecular formula is C26H30ClFN2O3. The molecule has 33 heavy (non-hydrogen) atoms. The van der Waals surface area contributed by atoms with Crippen LogP contribution in [0.25, 0.3) is 0 Å². The summed E-state index contributed by atoms with van der Waals surface area (Å²) in [6.07, 6.45) is 4.02. The summed E-state index contributed by atoms with van der Waals surface area (Å²) in [7, 11) is 0. The van der Waals surface area contributed by atoms with Crippen LogP contribution < -0.4 is 4.74 Å². The van der Waals surface area contributed by atoms with Gasteiger partial charge >= 0.3 is 0 Å². The van der Waals surface area contributed by atoms with E-state index < -0.39 is 0 Å². The maximum absolute atomic E-state index is 14.1. The van der Waals surface area contributed by atoms with Crippen LogP contribution in [0.4, 0.5) is 4.39 Å². The van der Waals surface area contributed by atoms with Crippen molar-refractivity contribution >= 4 is 23.4 Å². The molecule has 0 aromatic heterocycles. The highest BCUT2D eigenvalue weighted by Crippen LogP contribution is 2.28. The number of amides is 2. The molecule has 0 bridgehead atoms. The van der Waals surface area contributed by atoms with E-state index in [2.05, 4.69) is 0 Å². The van der Waals surface area contributed by atoms with E-state index in [9.17, 15) is 14.0 Å². The molecule has 2 fully saturated rings. The summed E-state index contributed by atoms with van der Waals surface area (Å²) < 4.78 is 20.3. The van der Waals surface area contributed by atoms with E-state index in [1.807, 2.05) is 17.0 Å². The Kier molecular flexibility index (Phi) is 7.86. The first-order chi connectivity index (χ1) is 16.0. The zero-order chi connectivity index (χ0) is 23.2. The lowest BCUT2D eigenvalue weighted by atomic mass is 9.90. The van der Waals surface area contributed by atoms with E-state index in [0.29, 0.717) is 42.3 Å². The number of piperidine rings is 2. The topological polar surface area (TPSA) is 49.9 Å². The van der Waals surface area contributed by atoms with Crippen molar-refractivity contribution in [3.63, 3.8) is 0 Å². The highest BCUT2D eigenvalue weighted by molar-refractivity contribution is 6.30. The van der Waals surface area contributed by atoms with E-state index in [-0.39, 0.29) is 36.1 Å². The SMILES string of the molecule is O=C(C[C@H]1CN(C(=O)Cc2ccccc2F)CC[C@@H]1Oc1ccc(Cl)cc1)N1CCCCC1. The molecule has 2 aliphatic heterocycles. The van der Waals surface area contributed by atoms with Gasteiger partial charge < -0.3 is 14.5 Å². The third-order valence-electron chi connectivity index (χ3n) is 6.56. The molecule has 2 aromatic rings. The zero-order valence-electron chi connectivity index (χ0n) is 18.7. The molecule has 0 saturated carbocycles. The van der Waals surface area contributed by atoms with Crippen LogP contribution in [0.3, 0.4) is 0 Å². The van der Waals surface area contributed by atoms with Crippen molar-refractivity contribution in [3.05, 3.63) is 64.9 Å². The smallest absolute Gasteiger partial charge is 0.227 e. The van der Waals surface area contributed by atoms with Gasteiger partial charge in [0.1, 0.15) is 17.7 Å². The molecule has 2 saturated heterocycles. The molecule has 0 radical (unpaired) electrons. The summed E-state index contributed by atoms with van der Waals surface area (Å²) in [6, 6.07) is 13.6. The molecule has 176 valence electrons. The van der Waals surface area contributed by atoms with Crippen LogP contribution in [0, 0.1) is 11.7 Å². The Bertz CT molecular complexity index is 962. The summed E-state index contributed by atoms with van der Waals surface area (Å²) in [4.78, 5) is 29.7. The first kappa shape index (κ1) is 23.6. The molecular weight excluding hydrogens is 443 g/mol. The fraction of sp³-hybridized carbons (Fsp3) is 0.462. The number of hydrogen-bond donors (Lipinski definition) is 0. The Hall–Kier alpha value is -2.60. The molecule has 0 unspecified atom stereocenters. The molecule has 2 amide bonds. The van der Waals surface area contributed by atoms with Crippen LogP contribution in [-0.4, -0.2) is 53.9 Å². The second-order valence-electron chi connectivity index (χ2n) is 8.91. The molecule has 2 heterocycles. The number of halogens is 2. The van der Waals surface area contributed by atoms with Crippen LogP contribution in [0.15, 0.2) is 48.5 Å². The van der Waals surface area contributed by atoms with Gasteiger partial charge in [-0.1, -0.05) is 29.8 Å². The van der Waals surface area contributed by atoms with Crippen LogP contribution >= 0.6 is 11.6 Å². The van der Waals surface area contributed by atoms with Gasteiger partial charge in [-0.15, -0.1) is 0 Å². The molecule has 5 nitrogen and oxygen atoms in total. The van der Waals surface area contributed by atoms with Gasteiger partial charge in [-0.25, -0.2) is 4.39 Å². The fourth-order valence-corrected chi connectivity index (χ4v) is 4.82. The van der Waals surface area contributed by atoms with Crippen LogP contribution in [0.5, 0.6) is 5.75 Å². The Morgan fingerprint density at radius 2 is 1.67 bits per heavy atom. The van der Waals surface area contributed by atoms with Gasteiger partial charge in [-0.3, -0.25) is 9.59 Å². The minimum absolute atomic E-state index is 0.0160. The van der Waals surface area contributed by atoms with Crippen LogP contribution in [0.1, 0.15) is 37.7 Å². The Morgan fingerprint density at radius 1 is 0.939 bits per heavy atom. The van der Waals surface area contributed by atoms with E-state index in [1.165, 1.54) is 6.07 Å². The highest BCUT2D eigenvalue weighted by atomic mass is 35.5. The molecule has 7 heteroatoms. The minimum Gasteiger partial charge on any atom is -0.490 e. The number of ether oxygens (including phenoxy) is 1. The second-order valence-corrected chi connectivity index (χ2v) is 9.35. The van der Waals surface area contributed by atoms with Crippen LogP contribution in [0.2, 0.25) is 5.02 Å². The maximum atomic E-state index is 14.1. The van der Waals surface area contributed by atoms with E-state index in [1.54, 1.807) is 35.2 Å². The number of benzene rings is 2. The number of carbonyl (C=O) groups excluding carboxylic acids is 2. The first-order valence-electron chi connectivity index (χ1n) is 11.7. The minimum atomic E-state index is -0.372. The second kappa shape index (κ2) is 11.0. The standard InChI is InChI=1S/C26H30ClFN2O3/c27-21-8-10-22(11-9-21)33-24-12-15-30(26(32)16-19-6-2-3-7-23(19)28)18-20(24)17-25(31)29-13-4-1-5-14-29/h2-3,6-11,20,24H,1,4-5,12-18H2/t20-,24-/m0/s1. The highest BCUT2D eigenvalue weighted by Gasteiger charge is 2.35. The van der Waals surface area contributed by atoms with Gasteiger partial charge in [0.15, 0.2) is 0 Å². The van der Waals surface area contributed by atoms with Crippen molar-refractivity contribution in [3.8, 4) is 5.75 Å². The lowest BCUT2D eigenvalue weighted by Gasteiger charge is -2.39. The lowest BCUT2D eigenvalue weighted by Crippen LogP contribution is -2.50. The molecule has 4 rings (SSSR count). The monoisotopic (exact) mass is 472 g/mol. The van der Waals surface area contributed by atoms with Crippen molar-refractivity contribution < 1.29 is 18.7 Å². The van der Waals surface area contributed by atoms with Gasteiger partial charge in [0.2, 0.25) is 11.8 Å². The zero-order valence-corrected chi connectivity index (χ0v) is 19.5. The third kappa shape index (κ3) is 6.26. The quantitative estimate of drug-likeness (QED) is 0.611. The van der Waals surface area contributed by atoms with Crippen molar-refractivity contribution in [2.24, 2.45) is 5.92 Å². The Morgan fingerprint density at radius 3 is 2.39 bits per heavy atom. The van der Waals surface area contributed by atoms with Crippen molar-refractivity contribution in [1.82, 2.24) is 9.80 Å². The molecule has 0 N–H and O–H groups in total. The number of hydrogen-bond acceptors (Lipinski definition) is 3. The van der Waals surface area contributed by atoms with Gasteiger partial charge in [0.25, 0.3) is 0 Å². The van der Waals surface area contributed by atoms with Crippen molar-refractivity contribution in [2.45, 2.75) is 44.6 Å². The number of likely N-dealkylation sites (tertiary alicyclic amines) is 2. The predicted molar refractivity (Wildman–Crippen MR) is 126 cm³/mol. The van der Waals surface area contributed by atoms with Gasteiger partial charge in [-0.05, 0) is 55.2 Å². The average Bonchev–Trinajstić information content (AvgIpc) is 2.83. The predicted octanol–water partition coefficient (Wildman–Crippen LogP) is 4.72. The van der Waals surface area contributed by atoms with Gasteiger partial charge in [-0.2, -0.15) is 0 Å². The maximum Gasteiger partial charge on any atom is 0.227 e. The molecule has 2 atom stereocenters. The summed E-state index contributed by atoms with van der Waals surface area (Å²) in [6.45, 7) is 2.53. The summed E-state index contributed by atoms with van der Waals surface area (Å²) in [5.74, 6) is 0.191. The summed E-state index contributed by atoms with van der Waals surface area (Å²) in [5.41, 5.74) is 0.392. The Labute approximate surface area is 199 Å². The molecule has 0 spiro atoms. The normalized spacial score (nSPS) is 21.0. The van der Waals surface area contributed by atoms with Crippen molar-refractivity contribution in [1.29, 1.82) is 0 Å². The van der Waals surface area contributed by atoms with E-state index in [4.69, 9.17) is 16.3 Å². The average molecular weight is 473 g/mol. The summed E-state index contributed by atoms with van der Waals surface area (Å²) in [5, 5.41) is 0.632. The molecule has 2 aromatic carbocycles. The van der Waals surface area contributed by atoms with Gasteiger partial charge in [0, 0.05) is 50.0 Å².